The maximum Gasteiger partial charge on any atom is 0.0474 e. The van der Waals surface area contributed by atoms with Crippen LogP contribution in [0.1, 0.15) is 65.2 Å². The molecular weight excluding hydrogens is 210 g/mol. The molecule has 17 heavy (non-hydrogen) atoms. The van der Waals surface area contributed by atoms with Crippen LogP contribution in [-0.2, 0) is 0 Å². The molecule has 2 aliphatic carbocycles. The predicted molar refractivity (Wildman–Crippen MR) is 72.0 cm³/mol. The van der Waals surface area contributed by atoms with Crippen LogP contribution in [0.25, 0.3) is 0 Å². The molecule has 2 fully saturated rings. The Balaban J connectivity index is 1.82. The van der Waals surface area contributed by atoms with Gasteiger partial charge in [0.05, 0.1) is 0 Å². The molecule has 2 N–H and O–H groups in total. The Kier molecular flexibility index (Phi) is 4.48. The minimum atomic E-state index is 0.371. The first-order valence-corrected chi connectivity index (χ1v) is 7.48. The van der Waals surface area contributed by atoms with Crippen molar-refractivity contribution in [3.05, 3.63) is 0 Å². The lowest BCUT2D eigenvalue weighted by Crippen LogP contribution is -2.41. The fourth-order valence-corrected chi connectivity index (χ4v) is 3.61. The highest BCUT2D eigenvalue weighted by Crippen LogP contribution is 2.35. The van der Waals surface area contributed by atoms with Gasteiger partial charge in [-0.25, -0.2) is 0 Å². The highest BCUT2D eigenvalue weighted by atomic mass is 16.3. The first-order chi connectivity index (χ1) is 8.11. The molecule has 100 valence electrons. The Morgan fingerprint density at radius 2 is 1.88 bits per heavy atom. The first kappa shape index (κ1) is 13.4. The maximum atomic E-state index is 9.36. The number of aliphatic hydroxyl groups excluding tert-OH is 1. The van der Waals surface area contributed by atoms with Gasteiger partial charge < -0.3 is 10.4 Å². The Morgan fingerprint density at radius 1 is 1.06 bits per heavy atom. The van der Waals surface area contributed by atoms with Crippen molar-refractivity contribution >= 4 is 0 Å². The van der Waals surface area contributed by atoms with Gasteiger partial charge in [0.25, 0.3) is 0 Å². The van der Waals surface area contributed by atoms with Crippen molar-refractivity contribution in [2.75, 3.05) is 6.61 Å². The van der Waals surface area contributed by atoms with Gasteiger partial charge in [-0.15, -0.1) is 0 Å². The zero-order valence-electron chi connectivity index (χ0n) is 11.5. The minimum absolute atomic E-state index is 0.371. The maximum absolute atomic E-state index is 9.36. The van der Waals surface area contributed by atoms with Gasteiger partial charge in [-0.05, 0) is 49.9 Å². The summed E-state index contributed by atoms with van der Waals surface area (Å²) < 4.78 is 0. The molecule has 0 spiro atoms. The average Bonchev–Trinajstić information content (AvgIpc) is 2.65. The number of nitrogens with one attached hydrogen (secondary N) is 1. The van der Waals surface area contributed by atoms with Gasteiger partial charge in [0.1, 0.15) is 0 Å². The molecule has 0 radical (unpaired) electrons. The quantitative estimate of drug-likeness (QED) is 0.742. The molecule has 2 rings (SSSR count). The number of aliphatic hydroxyl groups is 1. The molecular formula is C15H29NO. The van der Waals surface area contributed by atoms with Crippen molar-refractivity contribution in [2.24, 2.45) is 11.3 Å². The third-order valence-electron chi connectivity index (χ3n) is 4.92. The van der Waals surface area contributed by atoms with Crippen LogP contribution in [0.4, 0.5) is 0 Å². The molecule has 0 aliphatic heterocycles. The Morgan fingerprint density at radius 3 is 2.65 bits per heavy atom. The molecule has 3 atom stereocenters. The van der Waals surface area contributed by atoms with Crippen molar-refractivity contribution < 1.29 is 5.11 Å². The second-order valence-electron chi connectivity index (χ2n) is 6.94. The molecule has 0 saturated heterocycles. The molecule has 2 heteroatoms. The summed E-state index contributed by atoms with van der Waals surface area (Å²) in [6, 6.07) is 1.29. The minimum Gasteiger partial charge on any atom is -0.396 e. The second-order valence-corrected chi connectivity index (χ2v) is 6.94. The predicted octanol–water partition coefficient (Wildman–Crippen LogP) is 3.10. The van der Waals surface area contributed by atoms with Crippen molar-refractivity contribution in [2.45, 2.75) is 77.3 Å². The SMILES string of the molecule is CC1(C)CCCC(NC2CCCC2CO)CC1. The Labute approximate surface area is 106 Å². The van der Waals surface area contributed by atoms with Crippen molar-refractivity contribution in [1.82, 2.24) is 5.32 Å². The van der Waals surface area contributed by atoms with Gasteiger partial charge in [0.15, 0.2) is 0 Å². The van der Waals surface area contributed by atoms with Crippen LogP contribution >= 0.6 is 0 Å². The van der Waals surface area contributed by atoms with Crippen molar-refractivity contribution in [3.8, 4) is 0 Å². The Bertz CT molecular complexity index is 239. The lowest BCUT2D eigenvalue weighted by molar-refractivity contribution is 0.196. The molecule has 0 bridgehead atoms. The van der Waals surface area contributed by atoms with Gasteiger partial charge in [-0.2, -0.15) is 0 Å². The van der Waals surface area contributed by atoms with E-state index >= 15 is 0 Å². The first-order valence-electron chi connectivity index (χ1n) is 7.48. The van der Waals surface area contributed by atoms with E-state index in [4.69, 9.17) is 0 Å². The summed E-state index contributed by atoms with van der Waals surface area (Å²) in [4.78, 5) is 0. The van der Waals surface area contributed by atoms with E-state index in [0.29, 0.717) is 30.0 Å². The summed E-state index contributed by atoms with van der Waals surface area (Å²) in [5.41, 5.74) is 0.544. The molecule has 2 aliphatic rings. The van der Waals surface area contributed by atoms with Crippen LogP contribution in [0.3, 0.4) is 0 Å². The fraction of sp³-hybridized carbons (Fsp3) is 1.00. The van der Waals surface area contributed by atoms with E-state index in [9.17, 15) is 5.11 Å². The lowest BCUT2D eigenvalue weighted by Gasteiger charge is -2.26. The van der Waals surface area contributed by atoms with Crippen LogP contribution in [0.2, 0.25) is 0 Å². The number of hydrogen-bond acceptors (Lipinski definition) is 2. The van der Waals surface area contributed by atoms with Crippen LogP contribution in [0.15, 0.2) is 0 Å². The van der Waals surface area contributed by atoms with Crippen LogP contribution in [0, 0.1) is 11.3 Å². The van der Waals surface area contributed by atoms with Gasteiger partial charge in [0, 0.05) is 18.7 Å². The molecule has 0 aromatic rings. The molecule has 0 amide bonds. The summed E-state index contributed by atoms with van der Waals surface area (Å²) in [6.45, 7) is 5.18. The fourth-order valence-electron chi connectivity index (χ4n) is 3.61. The highest BCUT2D eigenvalue weighted by Gasteiger charge is 2.30. The normalized spacial score (nSPS) is 37.9. The van der Waals surface area contributed by atoms with E-state index in [-0.39, 0.29) is 0 Å². The van der Waals surface area contributed by atoms with Crippen LogP contribution < -0.4 is 5.32 Å². The van der Waals surface area contributed by atoms with E-state index < -0.39 is 0 Å². The summed E-state index contributed by atoms with van der Waals surface area (Å²) in [5, 5.41) is 13.2. The van der Waals surface area contributed by atoms with E-state index in [2.05, 4.69) is 19.2 Å². The van der Waals surface area contributed by atoms with E-state index in [1.165, 1.54) is 51.4 Å². The number of hydrogen-bond donors (Lipinski definition) is 2. The summed E-state index contributed by atoms with van der Waals surface area (Å²) >= 11 is 0. The van der Waals surface area contributed by atoms with Gasteiger partial charge in [-0.1, -0.05) is 26.7 Å². The smallest absolute Gasteiger partial charge is 0.0474 e. The van der Waals surface area contributed by atoms with Crippen LogP contribution in [0.5, 0.6) is 0 Å². The third-order valence-corrected chi connectivity index (χ3v) is 4.92. The van der Waals surface area contributed by atoms with Crippen molar-refractivity contribution in [1.29, 1.82) is 0 Å². The van der Waals surface area contributed by atoms with Gasteiger partial charge in [-0.3, -0.25) is 0 Å². The molecule has 0 heterocycles. The summed E-state index contributed by atoms with van der Waals surface area (Å²) in [6.07, 6.45) is 10.5. The third kappa shape index (κ3) is 3.69. The molecule has 0 aromatic heterocycles. The van der Waals surface area contributed by atoms with Gasteiger partial charge >= 0.3 is 0 Å². The van der Waals surface area contributed by atoms with Gasteiger partial charge in [0.2, 0.25) is 0 Å². The summed E-state index contributed by atoms with van der Waals surface area (Å²) in [5.74, 6) is 0.520. The molecule has 2 saturated carbocycles. The standard InChI is InChI=1S/C15H29NO/c1-15(2)9-4-6-13(8-10-15)16-14-7-3-5-12(14)11-17/h12-14,16-17H,3-11H2,1-2H3. The molecule has 0 aromatic carbocycles. The van der Waals surface area contributed by atoms with Crippen molar-refractivity contribution in [3.63, 3.8) is 0 Å². The lowest BCUT2D eigenvalue weighted by atomic mass is 9.85. The zero-order chi connectivity index (χ0) is 12.3. The Hall–Kier alpha value is -0.0800. The van der Waals surface area contributed by atoms with Crippen LogP contribution in [-0.4, -0.2) is 23.8 Å². The topological polar surface area (TPSA) is 32.3 Å². The van der Waals surface area contributed by atoms with E-state index in [1.54, 1.807) is 0 Å². The molecule has 2 nitrogen and oxygen atoms in total. The highest BCUT2D eigenvalue weighted by molar-refractivity contribution is 4.87. The number of rotatable bonds is 3. The van der Waals surface area contributed by atoms with E-state index in [0.717, 1.165) is 0 Å². The second kappa shape index (κ2) is 5.71. The zero-order valence-corrected chi connectivity index (χ0v) is 11.5. The van der Waals surface area contributed by atoms with E-state index in [1.807, 2.05) is 0 Å². The average molecular weight is 239 g/mol. The summed E-state index contributed by atoms with van der Waals surface area (Å²) in [7, 11) is 0. The largest absolute Gasteiger partial charge is 0.396 e. The molecule has 3 unspecified atom stereocenters. The monoisotopic (exact) mass is 239 g/mol.